The summed E-state index contributed by atoms with van der Waals surface area (Å²) >= 11 is 0. The number of rotatable bonds is 3. The van der Waals surface area contributed by atoms with E-state index in [-0.39, 0.29) is 18.1 Å². The summed E-state index contributed by atoms with van der Waals surface area (Å²) in [6, 6.07) is 2.53. The van der Waals surface area contributed by atoms with E-state index in [4.69, 9.17) is 4.74 Å². The van der Waals surface area contributed by atoms with Gasteiger partial charge in [-0.1, -0.05) is 0 Å². The minimum absolute atomic E-state index is 0.166. The molecule has 1 aliphatic rings. The van der Waals surface area contributed by atoms with Crippen molar-refractivity contribution in [3.8, 4) is 0 Å². The van der Waals surface area contributed by atoms with Gasteiger partial charge in [0.2, 0.25) is 0 Å². The molecule has 1 aromatic heterocycles. The van der Waals surface area contributed by atoms with Crippen LogP contribution in [0.25, 0.3) is 0 Å². The number of aromatic nitrogens is 1. The maximum absolute atomic E-state index is 12.7. The van der Waals surface area contributed by atoms with Crippen molar-refractivity contribution in [1.29, 1.82) is 0 Å². The molecule has 19 heavy (non-hydrogen) atoms. The number of nitrogens with zero attached hydrogens (tertiary/aromatic N) is 2. The average molecular weight is 268 g/mol. The fraction of sp³-hybridized carbons (Fsp3) is 0.538. The maximum atomic E-state index is 12.7. The minimum atomic E-state index is -0.914. The zero-order valence-electron chi connectivity index (χ0n) is 10.8. The normalized spacial score (nSPS) is 18.1. The molecular formula is C13H17FN2O3. The standard InChI is InChI=1S/C13H17FN2O3/c1-16(9-13(18)4-6-19-7-5-13)12(17)11-3-2-10(14)8-15-11/h2-3,8,18H,4-7,9H2,1H3. The number of aliphatic hydroxyl groups is 1. The number of pyridine rings is 1. The van der Waals surface area contributed by atoms with Crippen LogP contribution in [-0.2, 0) is 4.74 Å². The minimum Gasteiger partial charge on any atom is -0.388 e. The van der Waals surface area contributed by atoms with E-state index in [0.29, 0.717) is 26.1 Å². The van der Waals surface area contributed by atoms with Crippen molar-refractivity contribution >= 4 is 5.91 Å². The van der Waals surface area contributed by atoms with E-state index >= 15 is 0 Å². The average Bonchev–Trinajstić information content (AvgIpc) is 2.39. The second-order valence-corrected chi connectivity index (χ2v) is 4.86. The fourth-order valence-corrected chi connectivity index (χ4v) is 2.12. The second-order valence-electron chi connectivity index (χ2n) is 4.86. The van der Waals surface area contributed by atoms with E-state index in [1.54, 1.807) is 7.05 Å². The smallest absolute Gasteiger partial charge is 0.272 e. The molecule has 1 saturated heterocycles. The summed E-state index contributed by atoms with van der Waals surface area (Å²) in [4.78, 5) is 17.2. The lowest BCUT2D eigenvalue weighted by molar-refractivity contribution is -0.0734. The van der Waals surface area contributed by atoms with Gasteiger partial charge in [-0.05, 0) is 12.1 Å². The van der Waals surface area contributed by atoms with E-state index in [0.717, 1.165) is 6.20 Å². The van der Waals surface area contributed by atoms with Crippen molar-refractivity contribution in [2.75, 3.05) is 26.8 Å². The van der Waals surface area contributed by atoms with Crippen LogP contribution in [0.1, 0.15) is 23.3 Å². The number of halogens is 1. The predicted octanol–water partition coefficient (Wildman–Crippen LogP) is 0.834. The van der Waals surface area contributed by atoms with E-state index in [1.165, 1.54) is 17.0 Å². The topological polar surface area (TPSA) is 62.7 Å². The molecule has 5 nitrogen and oxygen atoms in total. The Kier molecular flexibility index (Phi) is 4.11. The van der Waals surface area contributed by atoms with Crippen LogP contribution in [0.5, 0.6) is 0 Å². The fourth-order valence-electron chi connectivity index (χ4n) is 2.12. The number of carbonyl (C=O) groups excluding carboxylic acids is 1. The van der Waals surface area contributed by atoms with Gasteiger partial charge >= 0.3 is 0 Å². The van der Waals surface area contributed by atoms with Gasteiger partial charge in [0.05, 0.1) is 11.8 Å². The third kappa shape index (κ3) is 3.48. The Morgan fingerprint density at radius 2 is 2.21 bits per heavy atom. The number of ether oxygens (including phenoxy) is 1. The van der Waals surface area contributed by atoms with Gasteiger partial charge in [-0.15, -0.1) is 0 Å². The van der Waals surface area contributed by atoms with E-state index in [9.17, 15) is 14.3 Å². The molecule has 0 saturated carbocycles. The van der Waals surface area contributed by atoms with Gasteiger partial charge in [0.1, 0.15) is 11.5 Å². The Balaban J connectivity index is 2.00. The molecule has 1 N–H and O–H groups in total. The predicted molar refractivity (Wildman–Crippen MR) is 66.2 cm³/mol. The Morgan fingerprint density at radius 1 is 1.53 bits per heavy atom. The highest BCUT2D eigenvalue weighted by Crippen LogP contribution is 2.21. The van der Waals surface area contributed by atoms with Gasteiger partial charge in [-0.25, -0.2) is 9.37 Å². The molecule has 2 heterocycles. The summed E-state index contributed by atoms with van der Waals surface area (Å²) < 4.78 is 17.9. The highest BCUT2D eigenvalue weighted by molar-refractivity contribution is 5.92. The zero-order valence-corrected chi connectivity index (χ0v) is 10.8. The molecule has 0 spiro atoms. The lowest BCUT2D eigenvalue weighted by Gasteiger charge is -2.35. The molecule has 0 bridgehead atoms. The molecule has 0 atom stereocenters. The molecule has 104 valence electrons. The van der Waals surface area contributed by atoms with Crippen LogP contribution in [0.15, 0.2) is 18.3 Å². The van der Waals surface area contributed by atoms with Crippen LogP contribution >= 0.6 is 0 Å². The highest BCUT2D eigenvalue weighted by Gasteiger charge is 2.32. The van der Waals surface area contributed by atoms with E-state index in [1.807, 2.05) is 0 Å². The first-order valence-corrected chi connectivity index (χ1v) is 6.17. The van der Waals surface area contributed by atoms with Gasteiger partial charge in [0, 0.05) is 39.6 Å². The highest BCUT2D eigenvalue weighted by atomic mass is 19.1. The Hall–Kier alpha value is -1.53. The summed E-state index contributed by atoms with van der Waals surface area (Å²) in [5.74, 6) is -0.817. The molecule has 1 aromatic rings. The van der Waals surface area contributed by atoms with Crippen molar-refractivity contribution in [2.45, 2.75) is 18.4 Å². The van der Waals surface area contributed by atoms with Crippen LogP contribution in [0.2, 0.25) is 0 Å². The lowest BCUT2D eigenvalue weighted by Crippen LogP contribution is -2.47. The van der Waals surface area contributed by atoms with Crippen molar-refractivity contribution in [2.24, 2.45) is 0 Å². The summed E-state index contributed by atoms with van der Waals surface area (Å²) in [6.45, 7) is 1.20. The van der Waals surface area contributed by atoms with Gasteiger partial charge in [-0.2, -0.15) is 0 Å². The zero-order chi connectivity index (χ0) is 13.9. The monoisotopic (exact) mass is 268 g/mol. The summed E-state index contributed by atoms with van der Waals surface area (Å²) in [6.07, 6.45) is 2.01. The Labute approximate surface area is 111 Å². The first-order chi connectivity index (χ1) is 9.00. The first kappa shape index (κ1) is 13.9. The first-order valence-electron chi connectivity index (χ1n) is 6.17. The summed E-state index contributed by atoms with van der Waals surface area (Å²) in [5, 5.41) is 10.3. The number of likely N-dealkylation sites (N-methyl/N-ethyl adjacent to an activating group) is 1. The molecule has 1 aliphatic heterocycles. The molecule has 2 rings (SSSR count). The van der Waals surface area contributed by atoms with Crippen LogP contribution in [0.4, 0.5) is 4.39 Å². The van der Waals surface area contributed by atoms with Gasteiger partial charge in [-0.3, -0.25) is 4.79 Å². The van der Waals surface area contributed by atoms with Gasteiger partial charge in [0.25, 0.3) is 5.91 Å². The molecule has 0 unspecified atom stereocenters. The SMILES string of the molecule is CN(CC1(O)CCOCC1)C(=O)c1ccc(F)cn1. The molecule has 1 fully saturated rings. The van der Waals surface area contributed by atoms with Crippen molar-refractivity contribution in [3.05, 3.63) is 29.8 Å². The van der Waals surface area contributed by atoms with Crippen LogP contribution in [0.3, 0.4) is 0 Å². The van der Waals surface area contributed by atoms with Crippen molar-refractivity contribution in [1.82, 2.24) is 9.88 Å². The van der Waals surface area contributed by atoms with Crippen molar-refractivity contribution in [3.63, 3.8) is 0 Å². The molecule has 0 radical (unpaired) electrons. The van der Waals surface area contributed by atoms with Gasteiger partial charge < -0.3 is 14.7 Å². The molecule has 0 aromatic carbocycles. The van der Waals surface area contributed by atoms with Gasteiger partial charge in [0.15, 0.2) is 0 Å². The van der Waals surface area contributed by atoms with E-state index < -0.39 is 11.4 Å². The quantitative estimate of drug-likeness (QED) is 0.882. The number of amides is 1. The number of carbonyl (C=O) groups is 1. The molecule has 6 heteroatoms. The summed E-state index contributed by atoms with van der Waals surface area (Å²) in [7, 11) is 1.60. The third-order valence-electron chi connectivity index (χ3n) is 3.25. The largest absolute Gasteiger partial charge is 0.388 e. The maximum Gasteiger partial charge on any atom is 0.272 e. The van der Waals surface area contributed by atoms with Crippen LogP contribution < -0.4 is 0 Å². The van der Waals surface area contributed by atoms with Crippen molar-refractivity contribution < 1.29 is 19.0 Å². The molecule has 0 aliphatic carbocycles. The third-order valence-corrected chi connectivity index (χ3v) is 3.25. The molecular weight excluding hydrogens is 251 g/mol. The summed E-state index contributed by atoms with van der Waals surface area (Å²) in [5.41, 5.74) is -0.748. The second kappa shape index (κ2) is 5.63. The molecule has 1 amide bonds. The Bertz CT molecular complexity index is 444. The van der Waals surface area contributed by atoms with Crippen LogP contribution in [-0.4, -0.2) is 53.3 Å². The lowest BCUT2D eigenvalue weighted by atomic mass is 9.94. The number of hydrogen-bond donors (Lipinski definition) is 1. The number of hydrogen-bond acceptors (Lipinski definition) is 4. The van der Waals surface area contributed by atoms with Crippen LogP contribution in [0, 0.1) is 5.82 Å². The van der Waals surface area contributed by atoms with E-state index in [2.05, 4.69) is 4.98 Å². The Morgan fingerprint density at radius 3 is 2.79 bits per heavy atom.